The molecule has 1 aliphatic heterocycles. The Kier molecular flexibility index (Phi) is 3.84. The van der Waals surface area contributed by atoms with Crippen LogP contribution in [0.15, 0.2) is 17.1 Å². The number of aromatic nitrogens is 1. The molecule has 0 aromatic carbocycles. The summed E-state index contributed by atoms with van der Waals surface area (Å²) in [5, 5.41) is 20.0. The molecular weight excluding hydrogens is 266 g/mol. The number of aromatic amines is 1. The number of carbonyl (C=O) groups excluding carboxylic acids is 1. The van der Waals surface area contributed by atoms with E-state index in [2.05, 4.69) is 4.98 Å². The summed E-state index contributed by atoms with van der Waals surface area (Å²) in [4.78, 5) is 37.6. The molecule has 0 bridgehead atoms. The van der Waals surface area contributed by atoms with Crippen molar-refractivity contribution in [3.63, 3.8) is 0 Å². The van der Waals surface area contributed by atoms with Crippen LogP contribution in [0.4, 0.5) is 5.69 Å². The van der Waals surface area contributed by atoms with Gasteiger partial charge in [-0.2, -0.15) is 0 Å². The van der Waals surface area contributed by atoms with Crippen LogP contribution in [0.2, 0.25) is 0 Å². The van der Waals surface area contributed by atoms with Crippen LogP contribution in [-0.4, -0.2) is 45.0 Å². The lowest BCUT2D eigenvalue weighted by atomic mass is 10.0. The number of H-pyrrole nitrogens is 1. The monoisotopic (exact) mass is 281 g/mol. The number of hydrogen-bond donors (Lipinski definition) is 2. The number of amides is 1. The topological polar surface area (TPSA) is 117 Å². The molecule has 0 radical (unpaired) electrons. The van der Waals surface area contributed by atoms with Crippen molar-refractivity contribution in [2.45, 2.75) is 19.4 Å². The first-order chi connectivity index (χ1) is 9.45. The van der Waals surface area contributed by atoms with Crippen LogP contribution in [-0.2, 0) is 0 Å². The van der Waals surface area contributed by atoms with Crippen molar-refractivity contribution in [3.05, 3.63) is 38.3 Å². The highest BCUT2D eigenvalue weighted by Crippen LogP contribution is 2.25. The quantitative estimate of drug-likeness (QED) is 0.603. The van der Waals surface area contributed by atoms with Gasteiger partial charge < -0.3 is 15.0 Å². The average molecular weight is 281 g/mol. The van der Waals surface area contributed by atoms with Crippen LogP contribution in [0.5, 0.6) is 0 Å². The standard InChI is InChI=1S/C12H15N3O5/c1-7-2-3-14(10(7)6-16)12(18)9-4-8(15(19)20)5-13-11(9)17/h4-5,7,10,16H,2-3,6H2,1H3,(H,13,17). The Morgan fingerprint density at radius 2 is 2.35 bits per heavy atom. The van der Waals surface area contributed by atoms with Crippen molar-refractivity contribution in [1.29, 1.82) is 0 Å². The van der Waals surface area contributed by atoms with Crippen molar-refractivity contribution < 1.29 is 14.8 Å². The summed E-state index contributed by atoms with van der Waals surface area (Å²) in [6.07, 6.45) is 1.68. The summed E-state index contributed by atoms with van der Waals surface area (Å²) in [6, 6.07) is 0.611. The minimum absolute atomic E-state index is 0.127. The number of pyridine rings is 1. The lowest BCUT2D eigenvalue weighted by Crippen LogP contribution is -2.41. The third-order valence-corrected chi connectivity index (χ3v) is 3.66. The summed E-state index contributed by atoms with van der Waals surface area (Å²) in [5.74, 6) is -0.458. The SMILES string of the molecule is CC1CCN(C(=O)c2cc([N+](=O)[O-])c[nH]c2=O)C1CO. The van der Waals surface area contributed by atoms with Crippen LogP contribution < -0.4 is 5.56 Å². The van der Waals surface area contributed by atoms with Crippen molar-refractivity contribution in [2.75, 3.05) is 13.2 Å². The number of carbonyl (C=O) groups is 1. The molecule has 8 nitrogen and oxygen atoms in total. The molecule has 0 saturated carbocycles. The van der Waals surface area contributed by atoms with Gasteiger partial charge in [-0.1, -0.05) is 6.92 Å². The number of nitrogens with one attached hydrogen (secondary N) is 1. The summed E-state index contributed by atoms with van der Waals surface area (Å²) < 4.78 is 0. The molecule has 1 aromatic heterocycles. The third-order valence-electron chi connectivity index (χ3n) is 3.66. The van der Waals surface area contributed by atoms with Gasteiger partial charge in [-0.3, -0.25) is 19.7 Å². The summed E-state index contributed by atoms with van der Waals surface area (Å²) in [7, 11) is 0. The number of hydrogen-bond acceptors (Lipinski definition) is 5. The van der Waals surface area contributed by atoms with Gasteiger partial charge >= 0.3 is 0 Å². The Balaban J connectivity index is 2.36. The second kappa shape index (κ2) is 5.41. The maximum atomic E-state index is 12.3. The van der Waals surface area contributed by atoms with Gasteiger partial charge in [-0.15, -0.1) is 0 Å². The Labute approximate surface area is 114 Å². The van der Waals surface area contributed by atoms with Gasteiger partial charge in [0.05, 0.1) is 23.8 Å². The van der Waals surface area contributed by atoms with Crippen molar-refractivity contribution in [1.82, 2.24) is 9.88 Å². The summed E-state index contributed by atoms with van der Waals surface area (Å²) in [5.41, 5.74) is -1.29. The average Bonchev–Trinajstić information content (AvgIpc) is 2.79. The minimum Gasteiger partial charge on any atom is -0.394 e. The lowest BCUT2D eigenvalue weighted by Gasteiger charge is -2.24. The second-order valence-corrected chi connectivity index (χ2v) is 4.87. The fraction of sp³-hybridized carbons (Fsp3) is 0.500. The number of likely N-dealkylation sites (tertiary alicyclic amines) is 1. The smallest absolute Gasteiger partial charge is 0.286 e. The molecule has 2 rings (SSSR count). The zero-order chi connectivity index (χ0) is 14.9. The summed E-state index contributed by atoms with van der Waals surface area (Å²) >= 11 is 0. The van der Waals surface area contributed by atoms with Gasteiger partial charge in [0.1, 0.15) is 5.56 Å². The van der Waals surface area contributed by atoms with Gasteiger partial charge in [0.15, 0.2) is 0 Å². The minimum atomic E-state index is -0.678. The molecule has 1 aromatic rings. The van der Waals surface area contributed by atoms with Crippen LogP contribution in [0.3, 0.4) is 0 Å². The molecule has 1 aliphatic rings. The van der Waals surface area contributed by atoms with E-state index in [1.807, 2.05) is 6.92 Å². The van der Waals surface area contributed by atoms with Crippen molar-refractivity contribution >= 4 is 11.6 Å². The van der Waals surface area contributed by atoms with E-state index in [-0.39, 0.29) is 29.8 Å². The fourth-order valence-electron chi connectivity index (χ4n) is 2.43. The van der Waals surface area contributed by atoms with Crippen LogP contribution in [0, 0.1) is 16.0 Å². The molecule has 20 heavy (non-hydrogen) atoms. The Bertz CT molecular complexity index is 597. The maximum Gasteiger partial charge on any atom is 0.286 e. The zero-order valence-electron chi connectivity index (χ0n) is 10.9. The van der Waals surface area contributed by atoms with Gasteiger partial charge in [0, 0.05) is 12.6 Å². The number of aliphatic hydroxyl groups is 1. The first-order valence-electron chi connectivity index (χ1n) is 6.24. The van der Waals surface area contributed by atoms with E-state index in [1.54, 1.807) is 0 Å². The predicted octanol–water partition coefficient (Wildman–Crippen LogP) is 0.126. The van der Waals surface area contributed by atoms with Gasteiger partial charge in [0.2, 0.25) is 0 Å². The number of nitrogens with zero attached hydrogens (tertiary/aromatic N) is 2. The first kappa shape index (κ1) is 14.2. The Hall–Kier alpha value is -2.22. The highest BCUT2D eigenvalue weighted by atomic mass is 16.6. The second-order valence-electron chi connectivity index (χ2n) is 4.87. The molecule has 1 amide bonds. The highest BCUT2D eigenvalue weighted by molar-refractivity contribution is 5.94. The third kappa shape index (κ3) is 2.42. The molecule has 0 spiro atoms. The van der Waals surface area contributed by atoms with E-state index in [0.717, 1.165) is 18.7 Å². The molecule has 108 valence electrons. The number of rotatable bonds is 3. The van der Waals surface area contributed by atoms with Crippen molar-refractivity contribution in [3.8, 4) is 0 Å². The largest absolute Gasteiger partial charge is 0.394 e. The fourth-order valence-corrected chi connectivity index (χ4v) is 2.43. The van der Waals surface area contributed by atoms with Gasteiger partial charge in [-0.05, 0) is 12.3 Å². The molecule has 8 heteroatoms. The molecule has 1 fully saturated rings. The lowest BCUT2D eigenvalue weighted by molar-refractivity contribution is -0.385. The highest BCUT2D eigenvalue weighted by Gasteiger charge is 2.35. The van der Waals surface area contributed by atoms with Crippen molar-refractivity contribution in [2.24, 2.45) is 5.92 Å². The Morgan fingerprint density at radius 3 is 2.95 bits per heavy atom. The molecule has 0 aliphatic carbocycles. The van der Waals surface area contributed by atoms with E-state index >= 15 is 0 Å². The van der Waals surface area contributed by atoms with Crippen LogP contribution in [0.1, 0.15) is 23.7 Å². The molecule has 2 N–H and O–H groups in total. The zero-order valence-corrected chi connectivity index (χ0v) is 10.9. The van der Waals surface area contributed by atoms with E-state index in [1.165, 1.54) is 4.90 Å². The Morgan fingerprint density at radius 1 is 1.65 bits per heavy atom. The molecular formula is C12H15N3O5. The van der Waals surface area contributed by atoms with E-state index < -0.39 is 16.4 Å². The normalized spacial score (nSPS) is 22.0. The molecule has 2 atom stereocenters. The first-order valence-corrected chi connectivity index (χ1v) is 6.24. The van der Waals surface area contributed by atoms with E-state index in [9.17, 15) is 24.8 Å². The molecule has 2 unspecified atom stereocenters. The van der Waals surface area contributed by atoms with Gasteiger partial charge in [0.25, 0.3) is 17.2 Å². The van der Waals surface area contributed by atoms with Gasteiger partial charge in [-0.25, -0.2) is 0 Å². The summed E-state index contributed by atoms with van der Waals surface area (Å²) in [6.45, 7) is 2.14. The van der Waals surface area contributed by atoms with E-state index in [0.29, 0.717) is 6.54 Å². The van der Waals surface area contributed by atoms with Crippen LogP contribution in [0.25, 0.3) is 0 Å². The van der Waals surface area contributed by atoms with E-state index in [4.69, 9.17) is 0 Å². The molecule has 2 heterocycles. The maximum absolute atomic E-state index is 12.3. The number of nitro groups is 1. The predicted molar refractivity (Wildman–Crippen MR) is 69.4 cm³/mol. The van der Waals surface area contributed by atoms with Crippen LogP contribution >= 0.6 is 0 Å². The number of aliphatic hydroxyl groups excluding tert-OH is 1. The molecule has 1 saturated heterocycles.